The molecule has 0 saturated heterocycles. The highest BCUT2D eigenvalue weighted by molar-refractivity contribution is 5.88. The Morgan fingerprint density at radius 1 is 1.69 bits per heavy atom. The molecule has 1 atom stereocenters. The molecule has 1 aliphatic carbocycles. The average molecular weight is 184 g/mol. The molecular weight excluding hydrogens is 172 g/mol. The fourth-order valence-electron chi connectivity index (χ4n) is 0.959. The van der Waals surface area contributed by atoms with Crippen LogP contribution in [0.3, 0.4) is 0 Å². The molecule has 72 valence electrons. The third kappa shape index (κ3) is 2.17. The van der Waals surface area contributed by atoms with E-state index in [4.69, 9.17) is 15.5 Å². The molecule has 0 aromatic carbocycles. The molecule has 5 nitrogen and oxygen atoms in total. The van der Waals surface area contributed by atoms with Gasteiger partial charge in [0.15, 0.2) is 0 Å². The minimum Gasteiger partial charge on any atom is -0.394 e. The maximum atomic E-state index is 11.3. The van der Waals surface area contributed by atoms with Crippen molar-refractivity contribution in [1.82, 2.24) is 5.32 Å². The second-order valence-electron chi connectivity index (χ2n) is 3.24. The van der Waals surface area contributed by atoms with Gasteiger partial charge >= 0.3 is 0 Å². The fraction of sp³-hybridized carbons (Fsp3) is 0.750. The predicted octanol–water partition coefficient (Wildman–Crippen LogP) is -1.24. The summed E-state index contributed by atoms with van der Waals surface area (Å²) in [7, 11) is 0. The number of hydrogen-bond acceptors (Lipinski definition) is 4. The zero-order chi connectivity index (χ0) is 9.90. The summed E-state index contributed by atoms with van der Waals surface area (Å²) in [6.07, 6.45) is 0.230. The number of aliphatic hydroxyl groups excluding tert-OH is 2. The number of nitriles is 1. The Labute approximate surface area is 76.0 Å². The van der Waals surface area contributed by atoms with Gasteiger partial charge in [-0.2, -0.15) is 5.26 Å². The Kier molecular flexibility index (Phi) is 2.86. The molecule has 0 bridgehead atoms. The van der Waals surface area contributed by atoms with Crippen LogP contribution in [0, 0.1) is 16.7 Å². The van der Waals surface area contributed by atoms with Crippen LogP contribution in [-0.4, -0.2) is 35.4 Å². The number of aliphatic hydroxyl groups is 2. The molecule has 1 fully saturated rings. The van der Waals surface area contributed by atoms with Crippen LogP contribution < -0.4 is 5.32 Å². The molecule has 3 N–H and O–H groups in total. The minimum absolute atomic E-state index is 0.00123. The topological polar surface area (TPSA) is 93.4 Å². The summed E-state index contributed by atoms with van der Waals surface area (Å²) in [6, 6.07) is 1.94. The smallest absolute Gasteiger partial charge is 0.240 e. The third-order valence-electron chi connectivity index (χ3n) is 2.11. The van der Waals surface area contributed by atoms with Gasteiger partial charge in [0.2, 0.25) is 5.91 Å². The molecule has 1 saturated carbocycles. The van der Waals surface area contributed by atoms with Gasteiger partial charge in [0, 0.05) is 6.54 Å². The lowest BCUT2D eigenvalue weighted by atomic mass is 10.1. The first kappa shape index (κ1) is 9.96. The number of nitrogens with zero attached hydrogens (tertiary/aromatic N) is 1. The minimum atomic E-state index is -0.946. The van der Waals surface area contributed by atoms with Gasteiger partial charge in [-0.25, -0.2) is 0 Å². The predicted molar refractivity (Wildman–Crippen MR) is 43.4 cm³/mol. The highest BCUT2D eigenvalue weighted by Gasteiger charge is 2.50. The number of nitrogens with one attached hydrogen (secondary N) is 1. The second-order valence-corrected chi connectivity index (χ2v) is 3.24. The molecule has 1 rings (SSSR count). The number of amides is 1. The molecule has 1 unspecified atom stereocenters. The Bertz CT molecular complexity index is 242. The van der Waals surface area contributed by atoms with Crippen LogP contribution in [0.1, 0.15) is 12.8 Å². The molecular formula is C8H12N2O3. The number of carbonyl (C=O) groups excluding carboxylic acids is 1. The van der Waals surface area contributed by atoms with Crippen molar-refractivity contribution in [1.29, 1.82) is 5.26 Å². The van der Waals surface area contributed by atoms with Gasteiger partial charge in [0.25, 0.3) is 0 Å². The zero-order valence-electron chi connectivity index (χ0n) is 7.16. The monoisotopic (exact) mass is 184 g/mol. The molecule has 0 aromatic rings. The lowest BCUT2D eigenvalue weighted by molar-refractivity contribution is -0.125. The SMILES string of the molecule is N#CC1(C(=O)NCC(O)CO)CC1. The van der Waals surface area contributed by atoms with E-state index in [1.807, 2.05) is 6.07 Å². The third-order valence-corrected chi connectivity index (χ3v) is 2.11. The van der Waals surface area contributed by atoms with Crippen LogP contribution in [-0.2, 0) is 4.79 Å². The van der Waals surface area contributed by atoms with Crippen molar-refractivity contribution in [2.45, 2.75) is 18.9 Å². The first-order valence-corrected chi connectivity index (χ1v) is 4.13. The highest BCUT2D eigenvalue weighted by atomic mass is 16.3. The van der Waals surface area contributed by atoms with E-state index in [2.05, 4.69) is 5.32 Å². The van der Waals surface area contributed by atoms with Crippen molar-refractivity contribution < 1.29 is 15.0 Å². The molecule has 0 aromatic heterocycles. The van der Waals surface area contributed by atoms with E-state index in [-0.39, 0.29) is 19.1 Å². The summed E-state index contributed by atoms with van der Waals surface area (Å²) < 4.78 is 0. The Balaban J connectivity index is 2.31. The molecule has 0 radical (unpaired) electrons. The van der Waals surface area contributed by atoms with Gasteiger partial charge in [-0.1, -0.05) is 0 Å². The zero-order valence-corrected chi connectivity index (χ0v) is 7.16. The first-order chi connectivity index (χ1) is 6.14. The van der Waals surface area contributed by atoms with Crippen molar-refractivity contribution >= 4 is 5.91 Å². The van der Waals surface area contributed by atoms with Crippen LogP contribution in [0.5, 0.6) is 0 Å². The van der Waals surface area contributed by atoms with Gasteiger partial charge in [0.1, 0.15) is 5.41 Å². The molecule has 0 aliphatic heterocycles. The van der Waals surface area contributed by atoms with Crippen LogP contribution in [0.25, 0.3) is 0 Å². The molecule has 5 heteroatoms. The number of rotatable bonds is 4. The van der Waals surface area contributed by atoms with E-state index in [0.29, 0.717) is 12.8 Å². The molecule has 0 heterocycles. The van der Waals surface area contributed by atoms with Gasteiger partial charge < -0.3 is 15.5 Å². The van der Waals surface area contributed by atoms with Crippen molar-refractivity contribution in [3.05, 3.63) is 0 Å². The van der Waals surface area contributed by atoms with Gasteiger partial charge in [-0.3, -0.25) is 4.79 Å². The van der Waals surface area contributed by atoms with E-state index in [1.54, 1.807) is 0 Å². The number of hydrogen-bond donors (Lipinski definition) is 3. The largest absolute Gasteiger partial charge is 0.394 e. The van der Waals surface area contributed by atoms with Crippen LogP contribution in [0.4, 0.5) is 0 Å². The standard InChI is InChI=1S/C8H12N2O3/c9-5-8(1-2-8)7(13)10-3-6(12)4-11/h6,11-12H,1-4H2,(H,10,13). The summed E-state index contributed by atoms with van der Waals surface area (Å²) in [5.41, 5.74) is -0.852. The summed E-state index contributed by atoms with van der Waals surface area (Å²) >= 11 is 0. The molecule has 0 spiro atoms. The van der Waals surface area contributed by atoms with Gasteiger partial charge in [0.05, 0.1) is 18.8 Å². The van der Waals surface area contributed by atoms with Gasteiger partial charge in [-0.05, 0) is 12.8 Å². The van der Waals surface area contributed by atoms with Crippen LogP contribution in [0.2, 0.25) is 0 Å². The van der Waals surface area contributed by atoms with E-state index in [9.17, 15) is 4.79 Å². The van der Waals surface area contributed by atoms with Crippen molar-refractivity contribution in [2.75, 3.05) is 13.2 Å². The molecule has 1 aliphatic rings. The van der Waals surface area contributed by atoms with E-state index in [1.165, 1.54) is 0 Å². The summed E-state index contributed by atoms with van der Waals surface area (Å²) in [5, 5.41) is 28.4. The van der Waals surface area contributed by atoms with Crippen LogP contribution in [0.15, 0.2) is 0 Å². The normalized spacial score (nSPS) is 20.1. The Morgan fingerprint density at radius 3 is 2.69 bits per heavy atom. The number of carbonyl (C=O) groups is 1. The maximum Gasteiger partial charge on any atom is 0.240 e. The quantitative estimate of drug-likeness (QED) is 0.509. The first-order valence-electron chi connectivity index (χ1n) is 4.13. The lowest BCUT2D eigenvalue weighted by Gasteiger charge is -2.10. The Morgan fingerprint density at radius 2 is 2.31 bits per heavy atom. The van der Waals surface area contributed by atoms with E-state index < -0.39 is 11.5 Å². The van der Waals surface area contributed by atoms with Crippen molar-refractivity contribution in [2.24, 2.45) is 5.41 Å². The van der Waals surface area contributed by atoms with Crippen LogP contribution >= 0.6 is 0 Å². The summed E-state index contributed by atoms with van der Waals surface area (Å²) in [6.45, 7) is -0.390. The highest BCUT2D eigenvalue weighted by Crippen LogP contribution is 2.44. The van der Waals surface area contributed by atoms with E-state index >= 15 is 0 Å². The average Bonchev–Trinajstić information content (AvgIpc) is 2.94. The summed E-state index contributed by atoms with van der Waals surface area (Å²) in [5.74, 6) is -0.345. The maximum absolute atomic E-state index is 11.3. The fourth-order valence-corrected chi connectivity index (χ4v) is 0.959. The Hall–Kier alpha value is -1.12. The lowest BCUT2D eigenvalue weighted by Crippen LogP contribution is -2.38. The van der Waals surface area contributed by atoms with Gasteiger partial charge in [-0.15, -0.1) is 0 Å². The van der Waals surface area contributed by atoms with Crippen molar-refractivity contribution in [3.63, 3.8) is 0 Å². The molecule has 13 heavy (non-hydrogen) atoms. The summed E-state index contributed by atoms with van der Waals surface area (Å²) in [4.78, 5) is 11.3. The van der Waals surface area contributed by atoms with Crippen molar-refractivity contribution in [3.8, 4) is 6.07 Å². The second kappa shape index (κ2) is 3.73. The van der Waals surface area contributed by atoms with E-state index in [0.717, 1.165) is 0 Å². The molecule has 1 amide bonds.